The van der Waals surface area contributed by atoms with E-state index in [0.29, 0.717) is 19.5 Å². The molecule has 4 amide bonds. The summed E-state index contributed by atoms with van der Waals surface area (Å²) in [6, 6.07) is 15.3. The fourth-order valence-corrected chi connectivity index (χ4v) is 6.53. The Morgan fingerprint density at radius 2 is 1.97 bits per heavy atom. The number of imide groups is 1. The van der Waals surface area contributed by atoms with E-state index in [1.807, 2.05) is 42.5 Å². The van der Waals surface area contributed by atoms with Crippen LogP contribution in [-0.2, 0) is 21.5 Å². The van der Waals surface area contributed by atoms with Crippen molar-refractivity contribution in [2.45, 2.75) is 37.1 Å². The van der Waals surface area contributed by atoms with Crippen LogP contribution in [0.5, 0.6) is 0 Å². The molecule has 168 valence electrons. The van der Waals surface area contributed by atoms with Crippen molar-refractivity contribution in [1.29, 1.82) is 0 Å². The molecule has 1 N–H and O–H groups in total. The van der Waals surface area contributed by atoms with Gasteiger partial charge in [0.25, 0.3) is 5.91 Å². The van der Waals surface area contributed by atoms with Crippen LogP contribution in [0.4, 0.5) is 4.79 Å². The second-order valence-corrected chi connectivity index (χ2v) is 10.1. The minimum Gasteiger partial charge on any atom is -0.340 e. The number of aromatic nitrogens is 1. The highest BCUT2D eigenvalue weighted by atomic mass is 32.1. The van der Waals surface area contributed by atoms with E-state index in [1.54, 1.807) is 16.2 Å². The average Bonchev–Trinajstić information content (AvgIpc) is 3.50. The van der Waals surface area contributed by atoms with Crippen molar-refractivity contribution in [2.75, 3.05) is 19.6 Å². The lowest BCUT2D eigenvalue weighted by molar-refractivity contribution is -0.139. The van der Waals surface area contributed by atoms with Crippen molar-refractivity contribution in [1.82, 2.24) is 20.1 Å². The maximum absolute atomic E-state index is 13.4. The molecule has 0 unspecified atom stereocenters. The number of carbonyl (C=O) groups is 3. The molecule has 1 aliphatic carbocycles. The number of likely N-dealkylation sites (tertiary alicyclic amines) is 1. The van der Waals surface area contributed by atoms with Gasteiger partial charge in [-0.15, -0.1) is 11.3 Å². The summed E-state index contributed by atoms with van der Waals surface area (Å²) >= 11 is 1.68. The molecular formula is C25H24N4O3S. The second kappa shape index (κ2) is 7.66. The van der Waals surface area contributed by atoms with E-state index in [0.717, 1.165) is 50.5 Å². The molecule has 7 nitrogen and oxygen atoms in total. The van der Waals surface area contributed by atoms with Gasteiger partial charge in [0.2, 0.25) is 5.91 Å². The number of urea groups is 1. The smallest absolute Gasteiger partial charge is 0.325 e. The molecule has 2 aliphatic heterocycles. The Morgan fingerprint density at radius 3 is 2.85 bits per heavy atom. The van der Waals surface area contributed by atoms with Crippen LogP contribution in [0.15, 0.2) is 48.5 Å². The molecule has 33 heavy (non-hydrogen) atoms. The Hall–Kier alpha value is -3.26. The quantitative estimate of drug-likeness (QED) is 0.608. The Kier molecular flexibility index (Phi) is 4.72. The summed E-state index contributed by atoms with van der Waals surface area (Å²) in [5.74, 6) is -0.325. The van der Waals surface area contributed by atoms with Gasteiger partial charge < -0.3 is 10.2 Å². The minimum absolute atomic E-state index is 0.177. The molecule has 2 fully saturated rings. The largest absolute Gasteiger partial charge is 0.340 e. The highest BCUT2D eigenvalue weighted by Gasteiger charge is 2.55. The molecule has 3 heterocycles. The Balaban J connectivity index is 1.18. The van der Waals surface area contributed by atoms with Gasteiger partial charge in [0.1, 0.15) is 12.1 Å². The number of hydrogen-bond donors (Lipinski definition) is 1. The predicted molar refractivity (Wildman–Crippen MR) is 125 cm³/mol. The van der Waals surface area contributed by atoms with Gasteiger partial charge in [0, 0.05) is 19.0 Å². The monoisotopic (exact) mass is 460 g/mol. The molecule has 2 atom stereocenters. The van der Waals surface area contributed by atoms with Gasteiger partial charge in [-0.2, -0.15) is 0 Å². The van der Waals surface area contributed by atoms with E-state index in [1.165, 1.54) is 0 Å². The third-order valence-electron chi connectivity index (χ3n) is 7.15. The van der Waals surface area contributed by atoms with Crippen LogP contribution in [-0.4, -0.2) is 52.3 Å². The highest BCUT2D eigenvalue weighted by molar-refractivity contribution is 7.18. The van der Waals surface area contributed by atoms with Crippen LogP contribution in [0.1, 0.15) is 41.3 Å². The van der Waals surface area contributed by atoms with Gasteiger partial charge >= 0.3 is 6.03 Å². The first-order chi connectivity index (χ1) is 16.0. The molecular weight excluding hydrogens is 436 g/mol. The summed E-state index contributed by atoms with van der Waals surface area (Å²) in [5, 5.41) is 3.95. The topological polar surface area (TPSA) is 82.6 Å². The normalized spacial score (nSPS) is 24.5. The molecule has 2 saturated heterocycles. The first-order valence-electron chi connectivity index (χ1n) is 11.4. The van der Waals surface area contributed by atoms with E-state index < -0.39 is 11.6 Å². The molecule has 1 aromatic heterocycles. The summed E-state index contributed by atoms with van der Waals surface area (Å²) in [6.45, 7) is 0.981. The van der Waals surface area contributed by atoms with Crippen LogP contribution in [0.25, 0.3) is 10.2 Å². The number of para-hydroxylation sites is 1. The standard InChI is InChI=1S/C25H24N4O3S/c30-21(28-13-5-7-17(14-28)22-26-19-9-3-4-10-20(19)33-22)15-29-23(31)25(27-24(29)32)12-11-16-6-1-2-8-18(16)25/h1-4,6,8-10,17H,5,7,11-15H2,(H,27,32)/t17-,25+/m0/s1. The Morgan fingerprint density at radius 1 is 1.15 bits per heavy atom. The van der Waals surface area contributed by atoms with Crippen LogP contribution in [0, 0.1) is 0 Å². The predicted octanol–water partition coefficient (Wildman–Crippen LogP) is 3.40. The van der Waals surface area contributed by atoms with E-state index >= 15 is 0 Å². The first kappa shape index (κ1) is 20.4. The maximum Gasteiger partial charge on any atom is 0.325 e. The van der Waals surface area contributed by atoms with Crippen LogP contribution in [0.2, 0.25) is 0 Å². The number of piperidine rings is 1. The van der Waals surface area contributed by atoms with Crippen LogP contribution in [0.3, 0.4) is 0 Å². The minimum atomic E-state index is -1.03. The average molecular weight is 461 g/mol. The molecule has 3 aromatic rings. The number of amides is 4. The van der Waals surface area contributed by atoms with E-state index in [9.17, 15) is 14.4 Å². The van der Waals surface area contributed by atoms with Gasteiger partial charge in [-0.05, 0) is 48.9 Å². The summed E-state index contributed by atoms with van der Waals surface area (Å²) in [5.41, 5.74) is 1.89. The number of hydrogen-bond acceptors (Lipinski definition) is 5. The fourth-order valence-electron chi connectivity index (χ4n) is 5.44. The molecule has 3 aliphatic rings. The number of nitrogens with one attached hydrogen (secondary N) is 1. The zero-order valence-electron chi connectivity index (χ0n) is 18.1. The summed E-state index contributed by atoms with van der Waals surface area (Å²) < 4.78 is 1.15. The number of fused-ring (bicyclic) bond motifs is 3. The van der Waals surface area contributed by atoms with Gasteiger partial charge in [-0.1, -0.05) is 36.4 Å². The second-order valence-electron chi connectivity index (χ2n) is 9.08. The number of aryl methyl sites for hydroxylation is 1. The summed E-state index contributed by atoms with van der Waals surface area (Å²) in [4.78, 5) is 47.0. The van der Waals surface area contributed by atoms with Crippen molar-refractivity contribution in [3.05, 3.63) is 64.7 Å². The molecule has 0 radical (unpaired) electrons. The zero-order chi connectivity index (χ0) is 22.6. The van der Waals surface area contributed by atoms with E-state index in [-0.39, 0.29) is 24.3 Å². The Labute approximate surface area is 195 Å². The lowest BCUT2D eigenvalue weighted by Crippen LogP contribution is -2.47. The summed E-state index contributed by atoms with van der Waals surface area (Å²) in [7, 11) is 0. The number of thiazole rings is 1. The molecule has 2 aromatic carbocycles. The number of nitrogens with zero attached hydrogens (tertiary/aromatic N) is 3. The van der Waals surface area contributed by atoms with Crippen molar-refractivity contribution in [3.8, 4) is 0 Å². The highest BCUT2D eigenvalue weighted by Crippen LogP contribution is 2.41. The van der Waals surface area contributed by atoms with Crippen molar-refractivity contribution in [3.63, 3.8) is 0 Å². The summed E-state index contributed by atoms with van der Waals surface area (Å²) in [6.07, 6.45) is 3.13. The number of rotatable bonds is 3. The third-order valence-corrected chi connectivity index (χ3v) is 8.35. The lowest BCUT2D eigenvalue weighted by Gasteiger charge is -2.32. The molecule has 0 saturated carbocycles. The lowest BCUT2D eigenvalue weighted by atomic mass is 9.92. The van der Waals surface area contributed by atoms with E-state index in [4.69, 9.17) is 4.98 Å². The number of carbonyl (C=O) groups excluding carboxylic acids is 3. The van der Waals surface area contributed by atoms with Crippen LogP contribution < -0.4 is 5.32 Å². The molecule has 0 bridgehead atoms. The first-order valence-corrected chi connectivity index (χ1v) is 12.2. The molecule has 6 rings (SSSR count). The Bertz CT molecular complexity index is 1250. The van der Waals surface area contributed by atoms with Crippen molar-refractivity contribution < 1.29 is 14.4 Å². The molecule has 8 heteroatoms. The fraction of sp³-hybridized carbons (Fsp3) is 0.360. The zero-order valence-corrected chi connectivity index (χ0v) is 18.9. The number of benzene rings is 2. The SMILES string of the molecule is O=C(CN1C(=O)N[C@@]2(CCc3ccccc32)C1=O)N1CCC[C@H](c2nc3ccccc3s2)C1. The maximum atomic E-state index is 13.4. The van der Waals surface area contributed by atoms with Gasteiger partial charge in [-0.25, -0.2) is 9.78 Å². The van der Waals surface area contributed by atoms with Gasteiger partial charge in [0.15, 0.2) is 0 Å². The van der Waals surface area contributed by atoms with Gasteiger partial charge in [-0.3, -0.25) is 14.5 Å². The van der Waals surface area contributed by atoms with E-state index in [2.05, 4.69) is 11.4 Å². The van der Waals surface area contributed by atoms with Gasteiger partial charge in [0.05, 0.1) is 15.2 Å². The molecule has 1 spiro atoms. The van der Waals surface area contributed by atoms with Crippen LogP contribution >= 0.6 is 11.3 Å². The van der Waals surface area contributed by atoms with Crippen molar-refractivity contribution >= 4 is 39.4 Å². The van der Waals surface area contributed by atoms with Crippen molar-refractivity contribution in [2.24, 2.45) is 0 Å². The third kappa shape index (κ3) is 3.23.